The fourth-order valence-corrected chi connectivity index (χ4v) is 2.97. The Morgan fingerprint density at radius 3 is 2.52 bits per heavy atom. The second kappa shape index (κ2) is 7.00. The van der Waals surface area contributed by atoms with Crippen molar-refractivity contribution in [3.8, 4) is 0 Å². The molecule has 0 saturated carbocycles. The first-order valence-corrected chi connectivity index (χ1v) is 7.42. The lowest BCUT2D eigenvalue weighted by molar-refractivity contribution is -0.144. The number of carboxylic acid groups (broad SMARTS) is 1. The van der Waals surface area contributed by atoms with Crippen molar-refractivity contribution in [2.24, 2.45) is 5.92 Å². The van der Waals surface area contributed by atoms with Crippen LogP contribution in [0.4, 0.5) is 0 Å². The van der Waals surface area contributed by atoms with E-state index >= 15 is 0 Å². The molecular formula is C14H22N2O5. The summed E-state index contributed by atoms with van der Waals surface area (Å²) < 4.78 is 5.30. The monoisotopic (exact) mass is 298 g/mol. The molecule has 2 atom stereocenters. The van der Waals surface area contributed by atoms with Crippen LogP contribution in [0.1, 0.15) is 26.2 Å². The summed E-state index contributed by atoms with van der Waals surface area (Å²) in [6, 6.07) is -0.185. The zero-order valence-corrected chi connectivity index (χ0v) is 12.3. The third-order valence-corrected chi connectivity index (χ3v) is 4.11. The molecule has 2 aliphatic heterocycles. The maximum absolute atomic E-state index is 11.6. The molecule has 118 valence electrons. The van der Waals surface area contributed by atoms with Gasteiger partial charge in [0, 0.05) is 32.0 Å². The summed E-state index contributed by atoms with van der Waals surface area (Å²) in [5, 5.41) is 9.24. The zero-order chi connectivity index (χ0) is 15.4. The number of nitrogens with zero attached hydrogens (tertiary/aromatic N) is 2. The summed E-state index contributed by atoms with van der Waals surface area (Å²) in [7, 11) is 0. The standard InChI is InChI=1S/C14H22N2O5/c1-2-5-15(11-9-21-8-10(11)14(19)20)6-7-16-12(17)3-4-13(16)18/h10-11H,2-9H2,1H3,(H,19,20). The van der Waals surface area contributed by atoms with E-state index in [9.17, 15) is 19.5 Å². The van der Waals surface area contributed by atoms with E-state index in [0.29, 0.717) is 19.7 Å². The highest BCUT2D eigenvalue weighted by Crippen LogP contribution is 2.21. The lowest BCUT2D eigenvalue weighted by atomic mass is 10.0. The van der Waals surface area contributed by atoms with Gasteiger partial charge in [0.2, 0.25) is 11.8 Å². The number of hydrogen-bond donors (Lipinski definition) is 1. The smallest absolute Gasteiger partial charge is 0.310 e. The number of carboxylic acids is 1. The summed E-state index contributed by atoms with van der Waals surface area (Å²) in [5.74, 6) is -1.66. The van der Waals surface area contributed by atoms with Crippen LogP contribution in [0.2, 0.25) is 0 Å². The van der Waals surface area contributed by atoms with E-state index < -0.39 is 11.9 Å². The molecule has 0 aromatic rings. The second-order valence-electron chi connectivity index (χ2n) is 5.52. The molecule has 1 N–H and O–H groups in total. The number of rotatable bonds is 7. The number of ether oxygens (including phenoxy) is 1. The van der Waals surface area contributed by atoms with Gasteiger partial charge in [-0.25, -0.2) is 0 Å². The minimum Gasteiger partial charge on any atom is -0.481 e. The SMILES string of the molecule is CCCN(CCN1C(=O)CCC1=O)C1COCC1C(=O)O. The number of amides is 2. The number of hydrogen-bond acceptors (Lipinski definition) is 5. The Bertz CT molecular complexity index is 410. The average Bonchev–Trinajstić information content (AvgIpc) is 3.03. The van der Waals surface area contributed by atoms with Crippen LogP contribution in [0.15, 0.2) is 0 Å². The molecule has 0 spiro atoms. The van der Waals surface area contributed by atoms with Crippen molar-refractivity contribution in [2.45, 2.75) is 32.2 Å². The van der Waals surface area contributed by atoms with Crippen LogP contribution in [0.25, 0.3) is 0 Å². The molecule has 0 aromatic heterocycles. The quantitative estimate of drug-likeness (QED) is 0.663. The van der Waals surface area contributed by atoms with Crippen LogP contribution in [-0.4, -0.2) is 71.6 Å². The minimum atomic E-state index is -0.855. The van der Waals surface area contributed by atoms with Gasteiger partial charge in [0.15, 0.2) is 0 Å². The predicted molar refractivity (Wildman–Crippen MR) is 73.6 cm³/mol. The van der Waals surface area contributed by atoms with Crippen molar-refractivity contribution in [1.29, 1.82) is 0 Å². The van der Waals surface area contributed by atoms with Crippen molar-refractivity contribution >= 4 is 17.8 Å². The first-order valence-electron chi connectivity index (χ1n) is 7.42. The normalized spacial score (nSPS) is 26.1. The van der Waals surface area contributed by atoms with Gasteiger partial charge in [-0.15, -0.1) is 0 Å². The lowest BCUT2D eigenvalue weighted by Gasteiger charge is -2.31. The maximum Gasteiger partial charge on any atom is 0.310 e. The van der Waals surface area contributed by atoms with E-state index in [0.717, 1.165) is 13.0 Å². The van der Waals surface area contributed by atoms with E-state index in [2.05, 4.69) is 0 Å². The maximum atomic E-state index is 11.6. The first-order chi connectivity index (χ1) is 10.0. The molecule has 2 amide bonds. The van der Waals surface area contributed by atoms with Gasteiger partial charge in [0.1, 0.15) is 0 Å². The van der Waals surface area contributed by atoms with E-state index in [4.69, 9.17) is 4.74 Å². The van der Waals surface area contributed by atoms with Gasteiger partial charge in [-0.2, -0.15) is 0 Å². The summed E-state index contributed by atoms with van der Waals surface area (Å²) in [5.41, 5.74) is 0. The second-order valence-corrected chi connectivity index (χ2v) is 5.52. The van der Waals surface area contributed by atoms with E-state index in [-0.39, 0.29) is 37.3 Å². The molecule has 0 radical (unpaired) electrons. The molecule has 2 fully saturated rings. The van der Waals surface area contributed by atoms with Crippen LogP contribution in [0.5, 0.6) is 0 Å². The van der Waals surface area contributed by atoms with Crippen LogP contribution < -0.4 is 0 Å². The fourth-order valence-electron chi connectivity index (χ4n) is 2.97. The Morgan fingerprint density at radius 1 is 1.29 bits per heavy atom. The van der Waals surface area contributed by atoms with Gasteiger partial charge < -0.3 is 9.84 Å². The molecular weight excluding hydrogens is 276 g/mol. The Balaban J connectivity index is 1.97. The molecule has 0 aromatic carbocycles. The minimum absolute atomic E-state index is 0.131. The first kappa shape index (κ1) is 15.9. The van der Waals surface area contributed by atoms with E-state index in [1.54, 1.807) is 0 Å². The highest BCUT2D eigenvalue weighted by Gasteiger charge is 2.38. The van der Waals surface area contributed by atoms with E-state index in [1.807, 2.05) is 11.8 Å². The molecule has 0 aliphatic carbocycles. The molecule has 7 heteroatoms. The van der Waals surface area contributed by atoms with Crippen molar-refractivity contribution < 1.29 is 24.2 Å². The third kappa shape index (κ3) is 3.59. The number of carbonyl (C=O) groups is 3. The Kier molecular flexibility index (Phi) is 5.30. The van der Waals surface area contributed by atoms with Crippen molar-refractivity contribution in [3.63, 3.8) is 0 Å². The summed E-state index contributed by atoms with van der Waals surface area (Å²) in [6.07, 6.45) is 1.46. The van der Waals surface area contributed by atoms with Gasteiger partial charge >= 0.3 is 5.97 Å². The van der Waals surface area contributed by atoms with Gasteiger partial charge in [-0.05, 0) is 13.0 Å². The highest BCUT2D eigenvalue weighted by molar-refractivity contribution is 6.01. The Hall–Kier alpha value is -1.47. The number of aliphatic carboxylic acids is 1. The van der Waals surface area contributed by atoms with Crippen LogP contribution in [0, 0.1) is 5.92 Å². The van der Waals surface area contributed by atoms with Crippen LogP contribution in [0.3, 0.4) is 0 Å². The van der Waals surface area contributed by atoms with Crippen LogP contribution in [-0.2, 0) is 19.1 Å². The molecule has 0 bridgehead atoms. The molecule has 2 unspecified atom stereocenters. The molecule has 7 nitrogen and oxygen atoms in total. The zero-order valence-electron chi connectivity index (χ0n) is 12.3. The van der Waals surface area contributed by atoms with Gasteiger partial charge in [-0.3, -0.25) is 24.2 Å². The van der Waals surface area contributed by atoms with E-state index in [1.165, 1.54) is 4.90 Å². The highest BCUT2D eigenvalue weighted by atomic mass is 16.5. The molecule has 2 saturated heterocycles. The molecule has 2 rings (SSSR count). The predicted octanol–water partition coefficient (Wildman–Crippen LogP) is -0.0530. The van der Waals surface area contributed by atoms with Crippen LogP contribution >= 0.6 is 0 Å². The number of carbonyl (C=O) groups excluding carboxylic acids is 2. The Morgan fingerprint density at radius 2 is 1.95 bits per heavy atom. The summed E-state index contributed by atoms with van der Waals surface area (Å²) in [6.45, 7) is 4.20. The van der Waals surface area contributed by atoms with Gasteiger partial charge in [0.25, 0.3) is 0 Å². The number of likely N-dealkylation sites (tertiary alicyclic amines) is 1. The average molecular weight is 298 g/mol. The topological polar surface area (TPSA) is 87.2 Å². The lowest BCUT2D eigenvalue weighted by Crippen LogP contribution is -2.47. The number of imide groups is 1. The molecule has 2 heterocycles. The summed E-state index contributed by atoms with van der Waals surface area (Å²) in [4.78, 5) is 37.8. The molecule has 2 aliphatic rings. The van der Waals surface area contributed by atoms with Crippen molar-refractivity contribution in [1.82, 2.24) is 9.80 Å². The molecule has 21 heavy (non-hydrogen) atoms. The third-order valence-electron chi connectivity index (χ3n) is 4.11. The Labute approximate surface area is 123 Å². The van der Waals surface area contributed by atoms with Crippen molar-refractivity contribution in [3.05, 3.63) is 0 Å². The van der Waals surface area contributed by atoms with Gasteiger partial charge in [-0.1, -0.05) is 6.92 Å². The van der Waals surface area contributed by atoms with Gasteiger partial charge in [0.05, 0.1) is 19.1 Å². The largest absolute Gasteiger partial charge is 0.481 e. The summed E-state index contributed by atoms with van der Waals surface area (Å²) >= 11 is 0. The van der Waals surface area contributed by atoms with Crippen molar-refractivity contribution in [2.75, 3.05) is 32.8 Å². The fraction of sp³-hybridized carbons (Fsp3) is 0.786.